The summed E-state index contributed by atoms with van der Waals surface area (Å²) in [5.74, 6) is 1.37. The Labute approximate surface area is 82.6 Å². The number of ether oxygens (including phenoxy) is 1. The van der Waals surface area contributed by atoms with Crippen LogP contribution in [0.5, 0.6) is 5.75 Å². The van der Waals surface area contributed by atoms with Crippen molar-refractivity contribution in [2.45, 2.75) is 12.5 Å². The molecular formula is C10H12ClNO. The summed E-state index contributed by atoms with van der Waals surface area (Å²) in [6, 6.07) is 7.77. The van der Waals surface area contributed by atoms with Gasteiger partial charge in [0.25, 0.3) is 0 Å². The van der Waals surface area contributed by atoms with Crippen molar-refractivity contribution in [3.8, 4) is 5.75 Å². The van der Waals surface area contributed by atoms with Gasteiger partial charge in [0.05, 0.1) is 6.61 Å². The van der Waals surface area contributed by atoms with Crippen LogP contribution in [0.1, 0.15) is 6.42 Å². The lowest BCUT2D eigenvalue weighted by Gasteiger charge is -2.04. The number of hydrogen-bond donors (Lipinski definition) is 1. The average molecular weight is 198 g/mol. The average Bonchev–Trinajstić information content (AvgIpc) is 2.79. The van der Waals surface area contributed by atoms with E-state index in [0.717, 1.165) is 12.2 Å². The maximum Gasteiger partial charge on any atom is 0.120 e. The van der Waals surface area contributed by atoms with Gasteiger partial charge in [-0.05, 0) is 24.6 Å². The molecule has 2 atom stereocenters. The highest BCUT2D eigenvalue weighted by Crippen LogP contribution is 2.28. The van der Waals surface area contributed by atoms with Crippen LogP contribution in [0.4, 0.5) is 0 Å². The van der Waals surface area contributed by atoms with Crippen molar-refractivity contribution in [2.24, 2.45) is 11.7 Å². The second-order valence-corrected chi connectivity index (χ2v) is 3.86. The Morgan fingerprint density at radius 3 is 2.92 bits per heavy atom. The summed E-state index contributed by atoms with van der Waals surface area (Å²) in [7, 11) is 0. The standard InChI is InChI=1S/C10H12ClNO/c11-8-2-1-3-9(5-8)13-6-7-4-10(7)12/h1-3,5,7,10H,4,6,12H2. The molecule has 1 aliphatic carbocycles. The second-order valence-electron chi connectivity index (χ2n) is 3.43. The molecule has 0 aliphatic heterocycles. The van der Waals surface area contributed by atoms with Crippen LogP contribution in [0.3, 0.4) is 0 Å². The smallest absolute Gasteiger partial charge is 0.120 e. The Bertz CT molecular complexity index is 303. The third kappa shape index (κ3) is 2.36. The van der Waals surface area contributed by atoms with Gasteiger partial charge in [0.15, 0.2) is 0 Å². The third-order valence-electron chi connectivity index (χ3n) is 2.24. The first-order valence-corrected chi connectivity index (χ1v) is 4.77. The van der Waals surface area contributed by atoms with E-state index in [1.165, 1.54) is 0 Å². The molecule has 0 spiro atoms. The molecule has 1 saturated carbocycles. The normalized spacial score (nSPS) is 25.7. The Balaban J connectivity index is 1.87. The van der Waals surface area contributed by atoms with Crippen molar-refractivity contribution in [3.63, 3.8) is 0 Å². The van der Waals surface area contributed by atoms with Crippen molar-refractivity contribution in [1.82, 2.24) is 0 Å². The molecule has 2 unspecified atom stereocenters. The topological polar surface area (TPSA) is 35.2 Å². The Kier molecular flexibility index (Phi) is 2.42. The van der Waals surface area contributed by atoms with E-state index in [9.17, 15) is 0 Å². The number of rotatable bonds is 3. The zero-order valence-electron chi connectivity index (χ0n) is 7.24. The molecule has 0 radical (unpaired) electrons. The summed E-state index contributed by atoms with van der Waals surface area (Å²) in [5.41, 5.74) is 5.65. The lowest BCUT2D eigenvalue weighted by Crippen LogP contribution is -2.08. The second kappa shape index (κ2) is 3.56. The molecule has 70 valence electrons. The van der Waals surface area contributed by atoms with Crippen LogP contribution >= 0.6 is 11.6 Å². The van der Waals surface area contributed by atoms with Gasteiger partial charge in [0, 0.05) is 17.0 Å². The van der Waals surface area contributed by atoms with Gasteiger partial charge < -0.3 is 10.5 Å². The van der Waals surface area contributed by atoms with Gasteiger partial charge >= 0.3 is 0 Å². The molecule has 2 nitrogen and oxygen atoms in total. The summed E-state index contributed by atoms with van der Waals surface area (Å²) in [6.45, 7) is 0.710. The zero-order chi connectivity index (χ0) is 9.26. The molecule has 2 rings (SSSR count). The Morgan fingerprint density at radius 1 is 1.54 bits per heavy atom. The van der Waals surface area contributed by atoms with Gasteiger partial charge in [0.2, 0.25) is 0 Å². The Hall–Kier alpha value is -0.730. The fraction of sp³-hybridized carbons (Fsp3) is 0.400. The van der Waals surface area contributed by atoms with Gasteiger partial charge in [0.1, 0.15) is 5.75 Å². The monoisotopic (exact) mass is 197 g/mol. The van der Waals surface area contributed by atoms with Crippen LogP contribution < -0.4 is 10.5 Å². The van der Waals surface area contributed by atoms with Crippen molar-refractivity contribution >= 4 is 11.6 Å². The maximum absolute atomic E-state index is 5.80. The minimum atomic E-state index is 0.346. The van der Waals surface area contributed by atoms with E-state index >= 15 is 0 Å². The minimum Gasteiger partial charge on any atom is -0.493 e. The van der Waals surface area contributed by atoms with Crippen LogP contribution in [-0.4, -0.2) is 12.6 Å². The zero-order valence-corrected chi connectivity index (χ0v) is 8.00. The minimum absolute atomic E-state index is 0.346. The molecule has 0 aromatic heterocycles. The summed E-state index contributed by atoms with van der Waals surface area (Å²) in [4.78, 5) is 0. The van der Waals surface area contributed by atoms with Crippen molar-refractivity contribution in [2.75, 3.05) is 6.61 Å². The first-order chi connectivity index (χ1) is 6.25. The van der Waals surface area contributed by atoms with E-state index in [-0.39, 0.29) is 0 Å². The highest BCUT2D eigenvalue weighted by molar-refractivity contribution is 6.30. The van der Waals surface area contributed by atoms with E-state index in [1.54, 1.807) is 0 Å². The van der Waals surface area contributed by atoms with Crippen molar-refractivity contribution in [1.29, 1.82) is 0 Å². The molecule has 13 heavy (non-hydrogen) atoms. The van der Waals surface area contributed by atoms with E-state index < -0.39 is 0 Å². The van der Waals surface area contributed by atoms with Gasteiger partial charge in [-0.2, -0.15) is 0 Å². The fourth-order valence-corrected chi connectivity index (χ4v) is 1.40. The van der Waals surface area contributed by atoms with Crippen molar-refractivity contribution < 1.29 is 4.74 Å². The predicted octanol–water partition coefficient (Wildman–Crippen LogP) is 2.07. The fourth-order valence-electron chi connectivity index (χ4n) is 1.22. The Morgan fingerprint density at radius 2 is 2.31 bits per heavy atom. The number of hydrogen-bond acceptors (Lipinski definition) is 2. The largest absolute Gasteiger partial charge is 0.493 e. The molecule has 1 fully saturated rings. The number of halogens is 1. The van der Waals surface area contributed by atoms with Crippen molar-refractivity contribution in [3.05, 3.63) is 29.3 Å². The first-order valence-electron chi connectivity index (χ1n) is 4.39. The van der Waals surface area contributed by atoms with E-state index in [4.69, 9.17) is 22.1 Å². The number of nitrogens with two attached hydrogens (primary N) is 1. The number of benzene rings is 1. The van der Waals surface area contributed by atoms with Crippen LogP contribution in [0.2, 0.25) is 5.02 Å². The lowest BCUT2D eigenvalue weighted by molar-refractivity contribution is 0.297. The summed E-state index contributed by atoms with van der Waals surface area (Å²) >= 11 is 5.80. The molecule has 3 heteroatoms. The lowest BCUT2D eigenvalue weighted by atomic mass is 10.3. The van der Waals surface area contributed by atoms with Gasteiger partial charge in [-0.1, -0.05) is 17.7 Å². The van der Waals surface area contributed by atoms with Crippen LogP contribution in [-0.2, 0) is 0 Å². The quantitative estimate of drug-likeness (QED) is 0.805. The molecule has 1 aromatic carbocycles. The molecule has 0 heterocycles. The molecule has 1 aliphatic rings. The van der Waals surface area contributed by atoms with E-state index in [0.29, 0.717) is 23.6 Å². The third-order valence-corrected chi connectivity index (χ3v) is 2.47. The molecule has 0 saturated heterocycles. The van der Waals surface area contributed by atoms with Gasteiger partial charge in [-0.25, -0.2) is 0 Å². The SMILES string of the molecule is NC1CC1COc1cccc(Cl)c1. The summed E-state index contributed by atoms with van der Waals surface area (Å²) in [5, 5.41) is 0.706. The van der Waals surface area contributed by atoms with Crippen LogP contribution in [0, 0.1) is 5.92 Å². The highest BCUT2D eigenvalue weighted by Gasteiger charge is 2.33. The van der Waals surface area contributed by atoms with E-state index in [2.05, 4.69) is 0 Å². The molecule has 0 amide bonds. The van der Waals surface area contributed by atoms with Gasteiger partial charge in [-0.15, -0.1) is 0 Å². The van der Waals surface area contributed by atoms with Crippen LogP contribution in [0.25, 0.3) is 0 Å². The van der Waals surface area contributed by atoms with Gasteiger partial charge in [-0.3, -0.25) is 0 Å². The highest BCUT2D eigenvalue weighted by atomic mass is 35.5. The summed E-state index contributed by atoms with van der Waals surface area (Å²) in [6.07, 6.45) is 1.08. The molecule has 0 bridgehead atoms. The molecule has 1 aromatic rings. The maximum atomic E-state index is 5.80. The molecule has 2 N–H and O–H groups in total. The predicted molar refractivity (Wildman–Crippen MR) is 53.0 cm³/mol. The molecular weight excluding hydrogens is 186 g/mol. The van der Waals surface area contributed by atoms with Crippen LogP contribution in [0.15, 0.2) is 24.3 Å². The first kappa shape index (κ1) is 8.85. The van der Waals surface area contributed by atoms with E-state index in [1.807, 2.05) is 24.3 Å². The summed E-state index contributed by atoms with van der Waals surface area (Å²) < 4.78 is 5.52.